The van der Waals surface area contributed by atoms with Gasteiger partial charge in [-0.15, -0.1) is 11.3 Å². The van der Waals surface area contributed by atoms with Crippen molar-refractivity contribution in [1.82, 2.24) is 9.88 Å². The molecule has 1 fully saturated rings. The average molecular weight is 582 g/mol. The van der Waals surface area contributed by atoms with E-state index in [4.69, 9.17) is 0 Å². The van der Waals surface area contributed by atoms with Gasteiger partial charge in [-0.1, -0.05) is 48.5 Å². The number of hydrogen-bond acceptors (Lipinski definition) is 4. The Balaban J connectivity index is 1.19. The molecule has 5 rings (SSSR count). The number of piperidine rings is 1. The van der Waals surface area contributed by atoms with E-state index in [1.807, 2.05) is 0 Å². The summed E-state index contributed by atoms with van der Waals surface area (Å²) in [6, 6.07) is 18.1. The number of aromatic nitrogens is 1. The van der Waals surface area contributed by atoms with Crippen LogP contribution < -0.4 is 5.32 Å². The van der Waals surface area contributed by atoms with E-state index in [-0.39, 0.29) is 29.8 Å². The Morgan fingerprint density at radius 1 is 0.976 bits per heavy atom. The lowest BCUT2D eigenvalue weighted by Gasteiger charge is -2.31. The fraction of sp³-hybridized carbons (Fsp3) is 0.258. The van der Waals surface area contributed by atoms with Gasteiger partial charge in [0.1, 0.15) is 11.5 Å². The Hall–Kier alpha value is -4.05. The molecule has 0 aliphatic carbocycles. The van der Waals surface area contributed by atoms with Gasteiger partial charge in [0, 0.05) is 42.1 Å². The number of amides is 2. The lowest BCUT2D eigenvalue weighted by molar-refractivity contribution is -0.137. The van der Waals surface area contributed by atoms with Gasteiger partial charge in [0.15, 0.2) is 0 Å². The first kappa shape index (κ1) is 28.5. The number of anilines is 1. The Bertz CT molecular complexity index is 1540. The zero-order chi connectivity index (χ0) is 29.0. The van der Waals surface area contributed by atoms with E-state index in [9.17, 15) is 27.2 Å². The summed E-state index contributed by atoms with van der Waals surface area (Å²) < 4.78 is 53.6. The van der Waals surface area contributed by atoms with Crippen LogP contribution >= 0.6 is 11.3 Å². The Kier molecular flexibility index (Phi) is 8.49. The maximum atomic E-state index is 13.9. The molecule has 10 heteroatoms. The number of carbonyl (C=O) groups is 2. The van der Waals surface area contributed by atoms with Crippen molar-refractivity contribution in [3.8, 4) is 11.1 Å². The monoisotopic (exact) mass is 581 g/mol. The van der Waals surface area contributed by atoms with Crippen molar-refractivity contribution in [2.24, 2.45) is 0 Å². The van der Waals surface area contributed by atoms with Gasteiger partial charge in [-0.25, -0.2) is 9.37 Å². The van der Waals surface area contributed by atoms with Gasteiger partial charge >= 0.3 is 6.18 Å². The maximum Gasteiger partial charge on any atom is 0.416 e. The van der Waals surface area contributed by atoms with Crippen LogP contribution in [-0.4, -0.2) is 34.8 Å². The van der Waals surface area contributed by atoms with Crippen LogP contribution in [0.4, 0.5) is 23.2 Å². The normalized spacial score (nSPS) is 14.2. The van der Waals surface area contributed by atoms with Gasteiger partial charge in [-0.2, -0.15) is 13.2 Å². The number of nitrogens with one attached hydrogen (secondary N) is 1. The lowest BCUT2D eigenvalue weighted by Crippen LogP contribution is -2.38. The highest BCUT2D eigenvalue weighted by Crippen LogP contribution is 2.35. The van der Waals surface area contributed by atoms with E-state index >= 15 is 0 Å². The molecule has 2 amide bonds. The zero-order valence-electron chi connectivity index (χ0n) is 22.0. The number of para-hydroxylation sites is 1. The fourth-order valence-electron chi connectivity index (χ4n) is 4.95. The van der Waals surface area contributed by atoms with E-state index in [0.717, 1.165) is 17.1 Å². The molecule has 212 valence electrons. The molecule has 1 aliphatic heterocycles. The van der Waals surface area contributed by atoms with E-state index in [0.29, 0.717) is 54.7 Å². The topological polar surface area (TPSA) is 62.3 Å². The molecule has 5 nitrogen and oxygen atoms in total. The number of halogens is 4. The van der Waals surface area contributed by atoms with Crippen molar-refractivity contribution >= 4 is 28.8 Å². The third-order valence-corrected chi connectivity index (χ3v) is 8.20. The number of alkyl halides is 3. The molecule has 2 heterocycles. The van der Waals surface area contributed by atoms with Crippen molar-refractivity contribution in [2.75, 3.05) is 18.4 Å². The quantitative estimate of drug-likeness (QED) is 0.229. The molecule has 0 radical (unpaired) electrons. The zero-order valence-corrected chi connectivity index (χ0v) is 22.8. The SMILES string of the molecule is O=C(Nc1ccccc1-c1cccc(C(F)(F)F)c1)c1csc(C2CCN(C(=O)CCc3ccccc3F)CC2)n1. The predicted molar refractivity (Wildman–Crippen MR) is 150 cm³/mol. The van der Waals surface area contributed by atoms with Gasteiger partial charge in [0.05, 0.1) is 10.6 Å². The molecule has 1 N–H and O–H groups in total. The molecule has 0 spiro atoms. The van der Waals surface area contributed by atoms with E-state index in [1.165, 1.54) is 23.5 Å². The molecule has 41 heavy (non-hydrogen) atoms. The smallest absolute Gasteiger partial charge is 0.343 e. The minimum atomic E-state index is -4.48. The molecule has 4 aromatic rings. The van der Waals surface area contributed by atoms with E-state index < -0.39 is 17.6 Å². The Labute approximate surface area is 238 Å². The minimum absolute atomic E-state index is 0.00894. The predicted octanol–water partition coefficient (Wildman–Crippen LogP) is 7.56. The van der Waals surface area contributed by atoms with Crippen molar-refractivity contribution < 1.29 is 27.2 Å². The van der Waals surface area contributed by atoms with Crippen LogP contribution in [0.3, 0.4) is 0 Å². The summed E-state index contributed by atoms with van der Waals surface area (Å²) in [6.45, 7) is 1.12. The first-order chi connectivity index (χ1) is 19.7. The first-order valence-electron chi connectivity index (χ1n) is 13.2. The van der Waals surface area contributed by atoms with Crippen molar-refractivity contribution in [3.05, 3.63) is 106 Å². The standard InChI is InChI=1S/C31H27F4N3O2S/c32-25-10-3-1-6-20(25)12-13-28(39)38-16-14-21(15-17-38)30-37-27(19-41-30)29(40)36-26-11-4-2-9-24(26)22-7-5-8-23(18-22)31(33,34)35/h1-11,18-19,21H,12-17H2,(H,36,40). The van der Waals surface area contributed by atoms with Crippen molar-refractivity contribution in [1.29, 1.82) is 0 Å². The van der Waals surface area contributed by atoms with E-state index in [1.54, 1.807) is 58.8 Å². The van der Waals surface area contributed by atoms with Crippen LogP contribution in [0.25, 0.3) is 11.1 Å². The molecule has 3 aromatic carbocycles. The molecule has 0 bridgehead atoms. The molecule has 1 aromatic heterocycles. The molecular formula is C31H27F4N3O2S. The number of rotatable bonds is 7. The third-order valence-electron chi connectivity index (χ3n) is 7.19. The van der Waals surface area contributed by atoms with Crippen LogP contribution in [0.1, 0.15) is 51.8 Å². The summed E-state index contributed by atoms with van der Waals surface area (Å²) in [6.07, 6.45) is -2.46. The molecule has 1 saturated heterocycles. The summed E-state index contributed by atoms with van der Waals surface area (Å²) >= 11 is 1.38. The minimum Gasteiger partial charge on any atom is -0.343 e. The van der Waals surface area contributed by atoms with Gasteiger partial charge in [0.2, 0.25) is 5.91 Å². The molecule has 0 unspecified atom stereocenters. The van der Waals surface area contributed by atoms with Crippen LogP contribution in [0.15, 0.2) is 78.2 Å². The summed E-state index contributed by atoms with van der Waals surface area (Å²) in [4.78, 5) is 32.1. The van der Waals surface area contributed by atoms with Crippen LogP contribution in [0.5, 0.6) is 0 Å². The highest BCUT2D eigenvalue weighted by atomic mass is 32.1. The molecule has 1 aliphatic rings. The fourth-order valence-corrected chi connectivity index (χ4v) is 5.92. The highest BCUT2D eigenvalue weighted by molar-refractivity contribution is 7.10. The molecule has 0 saturated carbocycles. The number of nitrogens with zero attached hydrogens (tertiary/aromatic N) is 2. The van der Waals surface area contributed by atoms with Crippen LogP contribution in [0.2, 0.25) is 0 Å². The second kappa shape index (κ2) is 12.2. The maximum absolute atomic E-state index is 13.9. The van der Waals surface area contributed by atoms with Gasteiger partial charge in [-0.05, 0) is 54.7 Å². The number of carbonyl (C=O) groups excluding carboxylic acids is 2. The Morgan fingerprint density at radius 3 is 2.46 bits per heavy atom. The second-order valence-corrected chi connectivity index (χ2v) is 10.8. The average Bonchev–Trinajstić information content (AvgIpc) is 3.47. The highest BCUT2D eigenvalue weighted by Gasteiger charge is 2.31. The summed E-state index contributed by atoms with van der Waals surface area (Å²) in [7, 11) is 0. The third kappa shape index (κ3) is 6.82. The number of thiazole rings is 1. The molecule has 0 atom stereocenters. The lowest BCUT2D eigenvalue weighted by atomic mass is 9.97. The molecular weight excluding hydrogens is 554 g/mol. The van der Waals surface area contributed by atoms with Crippen molar-refractivity contribution in [2.45, 2.75) is 37.8 Å². The van der Waals surface area contributed by atoms with Gasteiger partial charge < -0.3 is 10.2 Å². The summed E-state index contributed by atoms with van der Waals surface area (Å²) in [5, 5.41) is 5.27. The second-order valence-electron chi connectivity index (χ2n) is 9.90. The van der Waals surface area contributed by atoms with Gasteiger partial charge in [-0.3, -0.25) is 9.59 Å². The van der Waals surface area contributed by atoms with Gasteiger partial charge in [0.25, 0.3) is 5.91 Å². The summed E-state index contributed by atoms with van der Waals surface area (Å²) in [5.41, 5.74) is 1.18. The Morgan fingerprint density at radius 2 is 1.71 bits per heavy atom. The largest absolute Gasteiger partial charge is 0.416 e. The number of aryl methyl sites for hydroxylation is 1. The number of benzene rings is 3. The van der Waals surface area contributed by atoms with Crippen molar-refractivity contribution in [3.63, 3.8) is 0 Å². The number of likely N-dealkylation sites (tertiary alicyclic amines) is 1. The van der Waals surface area contributed by atoms with E-state index in [2.05, 4.69) is 10.3 Å². The first-order valence-corrected chi connectivity index (χ1v) is 14.1. The van der Waals surface area contributed by atoms with Crippen LogP contribution in [0, 0.1) is 5.82 Å². The van der Waals surface area contributed by atoms with Crippen LogP contribution in [-0.2, 0) is 17.4 Å². The number of hydrogen-bond donors (Lipinski definition) is 1. The summed E-state index contributed by atoms with van der Waals surface area (Å²) in [5.74, 6) is -0.658.